The molecule has 1 aromatic carbocycles. The van der Waals surface area contributed by atoms with Crippen LogP contribution >= 0.6 is 0 Å². The number of rotatable bonds is 5. The predicted molar refractivity (Wildman–Crippen MR) is 87.3 cm³/mol. The van der Waals surface area contributed by atoms with Gasteiger partial charge in [0.25, 0.3) is 5.78 Å². The van der Waals surface area contributed by atoms with Crippen LogP contribution in [0.4, 0.5) is 0 Å². The minimum atomic E-state index is -0.894. The van der Waals surface area contributed by atoms with Crippen molar-refractivity contribution in [2.75, 3.05) is 6.61 Å². The summed E-state index contributed by atoms with van der Waals surface area (Å²) in [6.45, 7) is 5.75. The van der Waals surface area contributed by atoms with Crippen LogP contribution < -0.4 is 0 Å². The summed E-state index contributed by atoms with van der Waals surface area (Å²) in [5, 5.41) is 3.79. The van der Waals surface area contributed by atoms with Crippen molar-refractivity contribution in [2.24, 2.45) is 17.0 Å². The second kappa shape index (κ2) is 7.95. The zero-order valence-corrected chi connectivity index (χ0v) is 14.0. The Labute approximate surface area is 140 Å². The molecular formula is C17H21N3O4. The van der Waals surface area contributed by atoms with Gasteiger partial charge in [-0.15, -0.1) is 0 Å². The Bertz CT molecular complexity index is 642. The minimum Gasteiger partial charge on any atom is -0.457 e. The number of esters is 1. The average molecular weight is 331 g/mol. The number of hydrogen-bond donors (Lipinski definition) is 0. The Balaban J connectivity index is 1.95. The lowest BCUT2D eigenvalue weighted by molar-refractivity contribution is -0.156. The van der Waals surface area contributed by atoms with Crippen LogP contribution in [-0.4, -0.2) is 36.6 Å². The van der Waals surface area contributed by atoms with Crippen LogP contribution in [0.1, 0.15) is 31.1 Å². The summed E-state index contributed by atoms with van der Waals surface area (Å²) in [7, 11) is 0. The summed E-state index contributed by atoms with van der Waals surface area (Å²) >= 11 is 0. The molecule has 7 nitrogen and oxygen atoms in total. The molecule has 1 saturated heterocycles. The highest BCUT2D eigenvalue weighted by Gasteiger charge is 2.39. The molecule has 24 heavy (non-hydrogen) atoms. The van der Waals surface area contributed by atoms with Crippen molar-refractivity contribution < 1.29 is 19.1 Å². The zero-order valence-electron chi connectivity index (χ0n) is 14.0. The molecule has 128 valence electrons. The summed E-state index contributed by atoms with van der Waals surface area (Å²) in [5.74, 6) is -1.46. The van der Waals surface area contributed by atoms with Crippen molar-refractivity contribution in [3.63, 3.8) is 0 Å². The van der Waals surface area contributed by atoms with Crippen molar-refractivity contribution in [2.45, 2.75) is 39.0 Å². The van der Waals surface area contributed by atoms with Crippen molar-refractivity contribution in [1.29, 1.82) is 0 Å². The van der Waals surface area contributed by atoms with E-state index in [1.165, 1.54) is 0 Å². The van der Waals surface area contributed by atoms with Crippen LogP contribution in [0.15, 0.2) is 35.4 Å². The highest BCUT2D eigenvalue weighted by Crippen LogP contribution is 2.32. The summed E-state index contributed by atoms with van der Waals surface area (Å²) in [5.41, 5.74) is 8.94. The molecule has 3 unspecified atom stereocenters. The Morgan fingerprint density at radius 2 is 1.88 bits per heavy atom. The molecule has 2 rings (SSSR count). The summed E-state index contributed by atoms with van der Waals surface area (Å²) in [6.07, 6.45) is -0.617. The van der Waals surface area contributed by atoms with Gasteiger partial charge in [0, 0.05) is 10.5 Å². The number of azide groups is 1. The third-order valence-electron chi connectivity index (χ3n) is 4.61. The molecule has 0 spiro atoms. The first-order chi connectivity index (χ1) is 11.5. The fraction of sp³-hybridized carbons (Fsp3) is 0.529. The Hall–Kier alpha value is -2.37. The third kappa shape index (κ3) is 3.93. The molecule has 0 bridgehead atoms. The van der Waals surface area contributed by atoms with Gasteiger partial charge in [-0.1, -0.05) is 49.3 Å². The monoisotopic (exact) mass is 331 g/mol. The molecule has 0 saturated carbocycles. The Morgan fingerprint density at radius 1 is 1.21 bits per heavy atom. The number of nitrogens with zero attached hydrogens (tertiary/aromatic N) is 3. The van der Waals surface area contributed by atoms with Crippen LogP contribution in [0.25, 0.3) is 10.4 Å². The molecule has 0 radical (unpaired) electrons. The number of hydrogen-bond acceptors (Lipinski definition) is 5. The maximum atomic E-state index is 12.0. The lowest BCUT2D eigenvalue weighted by Crippen LogP contribution is -2.49. The van der Waals surface area contributed by atoms with E-state index < -0.39 is 11.8 Å². The van der Waals surface area contributed by atoms with E-state index in [-0.39, 0.29) is 36.7 Å². The molecule has 1 aliphatic heterocycles. The Kier molecular flexibility index (Phi) is 5.95. The predicted octanol–water partition coefficient (Wildman–Crippen LogP) is 3.15. The SMILES string of the molecule is CC1OC(COC(=O)C(=O)c2ccccc2)[C@@H](C)[C@H](C)C1N=[N+]=[N-]. The standard InChI is InChI=1S/C17H21N3O4/c1-10-11(2)15(19-20-18)12(3)24-14(10)9-23-17(22)16(21)13-7-5-4-6-8-13/h4-8,10-12,14-15H,9H2,1-3H3/t10-,11-,12?,14?,15?/m0/s1. The van der Waals surface area contributed by atoms with Crippen molar-refractivity contribution in [3.05, 3.63) is 46.3 Å². The molecule has 1 fully saturated rings. The lowest BCUT2D eigenvalue weighted by atomic mass is 9.80. The van der Waals surface area contributed by atoms with E-state index in [4.69, 9.17) is 15.0 Å². The first-order valence-electron chi connectivity index (χ1n) is 7.91. The van der Waals surface area contributed by atoms with Gasteiger partial charge in [0.2, 0.25) is 0 Å². The lowest BCUT2D eigenvalue weighted by Gasteiger charge is -2.41. The highest BCUT2D eigenvalue weighted by atomic mass is 16.6. The van der Waals surface area contributed by atoms with Gasteiger partial charge in [0.1, 0.15) is 6.61 Å². The second-order valence-electron chi connectivity index (χ2n) is 6.09. The smallest absolute Gasteiger partial charge is 0.379 e. The van der Waals surface area contributed by atoms with Crippen molar-refractivity contribution >= 4 is 11.8 Å². The van der Waals surface area contributed by atoms with Crippen LogP contribution in [0.2, 0.25) is 0 Å². The number of carbonyl (C=O) groups is 2. The molecule has 0 aromatic heterocycles. The third-order valence-corrected chi connectivity index (χ3v) is 4.61. The maximum absolute atomic E-state index is 12.0. The number of carbonyl (C=O) groups excluding carboxylic acids is 2. The zero-order chi connectivity index (χ0) is 17.7. The topological polar surface area (TPSA) is 101 Å². The van der Waals surface area contributed by atoms with Gasteiger partial charge in [-0.25, -0.2) is 4.79 Å². The Morgan fingerprint density at radius 3 is 2.50 bits per heavy atom. The number of Topliss-reactive ketones (excluding diaryl/α,β-unsaturated/α-hetero) is 1. The fourth-order valence-electron chi connectivity index (χ4n) is 2.94. The van der Waals surface area contributed by atoms with Gasteiger partial charge in [0.15, 0.2) is 0 Å². The highest BCUT2D eigenvalue weighted by molar-refractivity contribution is 6.40. The van der Waals surface area contributed by atoms with E-state index in [0.717, 1.165) is 0 Å². The normalized spacial score (nSPS) is 29.4. The maximum Gasteiger partial charge on any atom is 0.379 e. The summed E-state index contributed by atoms with van der Waals surface area (Å²) in [4.78, 5) is 26.8. The molecule has 1 aliphatic rings. The van der Waals surface area contributed by atoms with E-state index in [2.05, 4.69) is 10.0 Å². The van der Waals surface area contributed by atoms with Gasteiger partial charge in [-0.05, 0) is 24.3 Å². The minimum absolute atomic E-state index is 0.00373. The van der Waals surface area contributed by atoms with Crippen LogP contribution in [0.3, 0.4) is 0 Å². The van der Waals surface area contributed by atoms with E-state index in [1.54, 1.807) is 30.3 Å². The van der Waals surface area contributed by atoms with Gasteiger partial charge >= 0.3 is 5.97 Å². The average Bonchev–Trinajstić information content (AvgIpc) is 2.60. The first-order valence-corrected chi connectivity index (χ1v) is 7.91. The molecule has 7 heteroatoms. The molecule has 0 N–H and O–H groups in total. The molecule has 0 amide bonds. The van der Waals surface area contributed by atoms with Crippen molar-refractivity contribution in [1.82, 2.24) is 0 Å². The molecule has 0 aliphatic carbocycles. The first kappa shape index (κ1) is 18.0. The van der Waals surface area contributed by atoms with Gasteiger partial charge < -0.3 is 9.47 Å². The largest absolute Gasteiger partial charge is 0.457 e. The van der Waals surface area contributed by atoms with Crippen LogP contribution in [0.5, 0.6) is 0 Å². The molecule has 5 atom stereocenters. The fourth-order valence-corrected chi connectivity index (χ4v) is 2.94. The molecular weight excluding hydrogens is 310 g/mol. The van der Waals surface area contributed by atoms with Crippen LogP contribution in [0, 0.1) is 11.8 Å². The van der Waals surface area contributed by atoms with Gasteiger partial charge in [0.05, 0.1) is 18.2 Å². The number of ketones is 1. The summed E-state index contributed by atoms with van der Waals surface area (Å²) in [6, 6.07) is 8.01. The van der Waals surface area contributed by atoms with E-state index in [9.17, 15) is 9.59 Å². The molecule has 1 aromatic rings. The van der Waals surface area contributed by atoms with Crippen molar-refractivity contribution in [3.8, 4) is 0 Å². The van der Waals surface area contributed by atoms with E-state index in [0.29, 0.717) is 5.56 Å². The molecule has 1 heterocycles. The van der Waals surface area contributed by atoms with Gasteiger partial charge in [-0.3, -0.25) is 4.79 Å². The van der Waals surface area contributed by atoms with E-state index >= 15 is 0 Å². The number of ether oxygens (including phenoxy) is 2. The van der Waals surface area contributed by atoms with Crippen LogP contribution in [-0.2, 0) is 14.3 Å². The van der Waals surface area contributed by atoms with Gasteiger partial charge in [-0.2, -0.15) is 0 Å². The summed E-state index contributed by atoms with van der Waals surface area (Å²) < 4.78 is 11.0. The number of benzene rings is 1. The van der Waals surface area contributed by atoms with E-state index in [1.807, 2.05) is 20.8 Å². The quantitative estimate of drug-likeness (QED) is 0.206. The second-order valence-corrected chi connectivity index (χ2v) is 6.09.